The Bertz CT molecular complexity index is 573. The van der Waals surface area contributed by atoms with Crippen molar-refractivity contribution in [2.45, 2.75) is 42.8 Å². The molecule has 0 atom stereocenters. The van der Waals surface area contributed by atoms with E-state index in [0.29, 0.717) is 5.16 Å². The molecule has 7 nitrogen and oxygen atoms in total. The highest BCUT2D eigenvalue weighted by molar-refractivity contribution is 7.99. The number of nitriles is 1. The van der Waals surface area contributed by atoms with Crippen molar-refractivity contribution in [2.75, 3.05) is 24.3 Å². The third-order valence-corrected chi connectivity index (χ3v) is 4.81. The van der Waals surface area contributed by atoms with Crippen LogP contribution in [0.5, 0.6) is 0 Å². The average molecular weight is 320 g/mol. The standard InChI is InChI=1S/C14H20N6OS/c1-20(14(9-15)5-3-2-4-6-14)12(21)8-22-13-18-10(16)7-11(17)19-13/h7H,2-6,8H2,1H3,(H4,16,17,18,19). The lowest BCUT2D eigenvalue weighted by atomic mass is 9.81. The molecule has 1 aromatic rings. The molecule has 0 unspecified atom stereocenters. The van der Waals surface area contributed by atoms with Gasteiger partial charge in [0.1, 0.15) is 17.2 Å². The lowest BCUT2D eigenvalue weighted by molar-refractivity contribution is -0.131. The molecule has 1 fully saturated rings. The molecule has 0 bridgehead atoms. The van der Waals surface area contributed by atoms with Crippen LogP contribution in [0, 0.1) is 11.3 Å². The Morgan fingerprint density at radius 2 is 1.95 bits per heavy atom. The van der Waals surface area contributed by atoms with Crippen LogP contribution in [0.3, 0.4) is 0 Å². The molecule has 0 radical (unpaired) electrons. The van der Waals surface area contributed by atoms with Crippen LogP contribution in [0.25, 0.3) is 0 Å². The van der Waals surface area contributed by atoms with E-state index in [1.807, 2.05) is 0 Å². The average Bonchev–Trinajstić information content (AvgIpc) is 2.51. The Morgan fingerprint density at radius 1 is 1.36 bits per heavy atom. The molecule has 2 rings (SSSR count). The van der Waals surface area contributed by atoms with Crippen molar-refractivity contribution in [3.63, 3.8) is 0 Å². The number of hydrogen-bond acceptors (Lipinski definition) is 7. The first-order chi connectivity index (χ1) is 10.5. The summed E-state index contributed by atoms with van der Waals surface area (Å²) in [6, 6.07) is 3.80. The normalized spacial score (nSPS) is 16.7. The van der Waals surface area contributed by atoms with Gasteiger partial charge in [0.2, 0.25) is 5.91 Å². The fourth-order valence-electron chi connectivity index (χ4n) is 2.65. The van der Waals surface area contributed by atoms with Gasteiger partial charge in [-0.25, -0.2) is 9.97 Å². The Morgan fingerprint density at radius 3 is 2.50 bits per heavy atom. The van der Waals surface area contributed by atoms with Gasteiger partial charge in [-0.05, 0) is 12.8 Å². The van der Waals surface area contributed by atoms with E-state index in [1.165, 1.54) is 17.8 Å². The second-order valence-corrected chi connectivity index (χ2v) is 6.39. The van der Waals surface area contributed by atoms with Crippen LogP contribution in [0.2, 0.25) is 0 Å². The SMILES string of the molecule is CN(C(=O)CSc1nc(N)cc(N)n1)C1(C#N)CCCCC1. The second-order valence-electron chi connectivity index (χ2n) is 5.45. The van der Waals surface area contributed by atoms with E-state index in [-0.39, 0.29) is 23.3 Å². The van der Waals surface area contributed by atoms with E-state index >= 15 is 0 Å². The van der Waals surface area contributed by atoms with Gasteiger partial charge in [-0.3, -0.25) is 4.79 Å². The van der Waals surface area contributed by atoms with E-state index in [9.17, 15) is 10.1 Å². The van der Waals surface area contributed by atoms with Crippen LogP contribution in [0.1, 0.15) is 32.1 Å². The third kappa shape index (κ3) is 3.60. The monoisotopic (exact) mass is 320 g/mol. The maximum absolute atomic E-state index is 12.4. The van der Waals surface area contributed by atoms with Crippen molar-refractivity contribution < 1.29 is 4.79 Å². The molecule has 4 N–H and O–H groups in total. The zero-order valence-corrected chi connectivity index (χ0v) is 13.4. The number of amides is 1. The van der Waals surface area contributed by atoms with Crippen molar-refractivity contribution in [3.05, 3.63) is 6.07 Å². The summed E-state index contributed by atoms with van der Waals surface area (Å²) in [6.07, 6.45) is 4.55. The molecule has 0 aromatic carbocycles. The summed E-state index contributed by atoms with van der Waals surface area (Å²) in [5.74, 6) is 0.592. The van der Waals surface area contributed by atoms with Crippen LogP contribution < -0.4 is 11.5 Å². The number of thioether (sulfide) groups is 1. The molecule has 0 aliphatic heterocycles. The Balaban J connectivity index is 2.00. The van der Waals surface area contributed by atoms with E-state index in [2.05, 4.69) is 16.0 Å². The van der Waals surface area contributed by atoms with E-state index in [4.69, 9.17) is 11.5 Å². The summed E-state index contributed by atoms with van der Waals surface area (Å²) in [6.45, 7) is 0. The zero-order chi connectivity index (χ0) is 16.2. The third-order valence-electron chi connectivity index (χ3n) is 3.97. The van der Waals surface area contributed by atoms with Crippen molar-refractivity contribution in [1.82, 2.24) is 14.9 Å². The minimum atomic E-state index is -0.675. The van der Waals surface area contributed by atoms with E-state index in [0.717, 1.165) is 32.1 Å². The molecule has 1 aliphatic carbocycles. The molecule has 8 heteroatoms. The zero-order valence-electron chi connectivity index (χ0n) is 12.6. The Hall–Kier alpha value is -2.01. The van der Waals surface area contributed by atoms with E-state index in [1.54, 1.807) is 11.9 Å². The first-order valence-corrected chi connectivity index (χ1v) is 8.16. The van der Waals surface area contributed by atoms with Crippen molar-refractivity contribution in [1.29, 1.82) is 5.26 Å². The number of hydrogen-bond donors (Lipinski definition) is 2. The molecule has 0 saturated heterocycles. The predicted molar refractivity (Wildman–Crippen MR) is 85.8 cm³/mol. The Kier molecular flexibility index (Phi) is 5.08. The smallest absolute Gasteiger partial charge is 0.234 e. The number of nitrogen functional groups attached to an aromatic ring is 2. The molecule has 1 aliphatic rings. The molecule has 1 aromatic heterocycles. The second kappa shape index (κ2) is 6.83. The number of rotatable bonds is 4. The molecule has 22 heavy (non-hydrogen) atoms. The molecule has 118 valence electrons. The fourth-order valence-corrected chi connectivity index (χ4v) is 3.43. The van der Waals surface area contributed by atoms with Gasteiger partial charge >= 0.3 is 0 Å². The quantitative estimate of drug-likeness (QED) is 0.635. The van der Waals surface area contributed by atoms with Gasteiger partial charge in [0.15, 0.2) is 5.16 Å². The van der Waals surface area contributed by atoms with Gasteiger partial charge in [0.25, 0.3) is 0 Å². The summed E-state index contributed by atoms with van der Waals surface area (Å²) in [7, 11) is 1.70. The first-order valence-electron chi connectivity index (χ1n) is 7.17. The number of aromatic nitrogens is 2. The van der Waals surface area contributed by atoms with Crippen LogP contribution in [0.15, 0.2) is 11.2 Å². The number of anilines is 2. The van der Waals surface area contributed by atoms with Crippen molar-refractivity contribution in [2.24, 2.45) is 0 Å². The minimum absolute atomic E-state index is 0.113. The Labute approximate surface area is 134 Å². The van der Waals surface area contributed by atoms with Gasteiger partial charge in [0.05, 0.1) is 11.8 Å². The largest absolute Gasteiger partial charge is 0.383 e. The number of nitrogens with zero attached hydrogens (tertiary/aromatic N) is 4. The van der Waals surface area contributed by atoms with Gasteiger partial charge in [-0.1, -0.05) is 31.0 Å². The first kappa shape index (κ1) is 16.4. The highest BCUT2D eigenvalue weighted by Gasteiger charge is 2.38. The molecule has 1 saturated carbocycles. The molecule has 1 heterocycles. The van der Waals surface area contributed by atoms with E-state index < -0.39 is 5.54 Å². The maximum Gasteiger partial charge on any atom is 0.234 e. The number of carbonyl (C=O) groups is 1. The highest BCUT2D eigenvalue weighted by Crippen LogP contribution is 2.33. The summed E-state index contributed by atoms with van der Waals surface area (Å²) in [4.78, 5) is 22.0. The molecule has 1 amide bonds. The topological polar surface area (TPSA) is 122 Å². The molecular formula is C14H20N6OS. The van der Waals surface area contributed by atoms with Gasteiger partial charge in [0, 0.05) is 13.1 Å². The number of carbonyl (C=O) groups excluding carboxylic acids is 1. The predicted octanol–water partition coefficient (Wildman–Crippen LogP) is 1.42. The summed E-state index contributed by atoms with van der Waals surface area (Å²) in [5.41, 5.74) is 10.5. The van der Waals surface area contributed by atoms with Crippen LogP contribution in [-0.2, 0) is 4.79 Å². The lowest BCUT2D eigenvalue weighted by Gasteiger charge is -2.39. The van der Waals surface area contributed by atoms with Crippen molar-refractivity contribution in [3.8, 4) is 6.07 Å². The maximum atomic E-state index is 12.4. The summed E-state index contributed by atoms with van der Waals surface area (Å²) >= 11 is 1.18. The van der Waals surface area contributed by atoms with Gasteiger partial charge in [-0.15, -0.1) is 0 Å². The van der Waals surface area contributed by atoms with Gasteiger partial charge in [-0.2, -0.15) is 5.26 Å². The molecular weight excluding hydrogens is 300 g/mol. The van der Waals surface area contributed by atoms with Crippen LogP contribution in [-0.4, -0.2) is 39.1 Å². The summed E-state index contributed by atoms with van der Waals surface area (Å²) in [5, 5.41) is 9.88. The minimum Gasteiger partial charge on any atom is -0.383 e. The van der Waals surface area contributed by atoms with Crippen LogP contribution in [0.4, 0.5) is 11.6 Å². The molecule has 0 spiro atoms. The fraction of sp³-hybridized carbons (Fsp3) is 0.571. The highest BCUT2D eigenvalue weighted by atomic mass is 32.2. The van der Waals surface area contributed by atoms with Gasteiger partial charge < -0.3 is 16.4 Å². The number of nitrogens with two attached hydrogens (primary N) is 2. The summed E-state index contributed by atoms with van der Waals surface area (Å²) < 4.78 is 0. The van der Waals surface area contributed by atoms with Crippen LogP contribution >= 0.6 is 11.8 Å². The lowest BCUT2D eigenvalue weighted by Crippen LogP contribution is -2.50. The van der Waals surface area contributed by atoms with Crippen molar-refractivity contribution >= 4 is 29.3 Å².